The van der Waals surface area contributed by atoms with Crippen LogP contribution in [-0.2, 0) is 0 Å². The van der Waals surface area contributed by atoms with E-state index in [9.17, 15) is 15.0 Å². The van der Waals surface area contributed by atoms with Gasteiger partial charge in [0.15, 0.2) is 0 Å². The quantitative estimate of drug-likeness (QED) is 0.530. The Morgan fingerprint density at radius 3 is 2.72 bits per heavy atom. The Balaban J connectivity index is 2.24. The summed E-state index contributed by atoms with van der Waals surface area (Å²) in [4.78, 5) is 12.7. The minimum Gasteiger partial charge on any atom is -0.395 e. The number of allylic oxidation sites excluding steroid dienone is 1. The Labute approximate surface area is 109 Å². The molecule has 0 bridgehead atoms. The number of thioether (sulfide) groups is 1. The highest BCUT2D eigenvalue weighted by molar-refractivity contribution is 8.01. The molecule has 0 aromatic rings. The summed E-state index contributed by atoms with van der Waals surface area (Å²) in [6.45, 7) is 3.53. The molecule has 2 heterocycles. The van der Waals surface area contributed by atoms with E-state index in [4.69, 9.17) is 5.11 Å². The summed E-state index contributed by atoms with van der Waals surface area (Å²) in [6, 6.07) is -0.291. The number of hydrogen-bond acceptors (Lipinski definition) is 5. The van der Waals surface area contributed by atoms with Gasteiger partial charge in [0, 0.05) is 24.5 Å². The van der Waals surface area contributed by atoms with Crippen molar-refractivity contribution in [3.05, 3.63) is 24.0 Å². The van der Waals surface area contributed by atoms with Crippen LogP contribution in [0.4, 0.5) is 4.79 Å². The van der Waals surface area contributed by atoms with Gasteiger partial charge in [0.2, 0.25) is 0 Å². The predicted molar refractivity (Wildman–Crippen MR) is 67.8 cm³/mol. The van der Waals surface area contributed by atoms with Crippen molar-refractivity contribution in [1.82, 2.24) is 10.2 Å². The first-order valence-corrected chi connectivity index (χ1v) is 6.47. The molecule has 0 aromatic carbocycles. The molecule has 4 atom stereocenters. The fraction of sp³-hybridized carbons (Fsp3) is 0.545. The standard InChI is InChI=1S/C11H16N2O4S/c1-5-6(3-13(2)11(17)12-5)10-9(16)8(15)7(4-14)18-10/h3,7-10,14-16H,1,4H2,2H3,(H,12,17)/t7-,8?,9+,10+/m1/s1. The number of carbonyl (C=O) groups is 1. The monoisotopic (exact) mass is 272 g/mol. The van der Waals surface area contributed by atoms with Crippen LogP contribution < -0.4 is 5.32 Å². The van der Waals surface area contributed by atoms with Crippen molar-refractivity contribution in [1.29, 1.82) is 0 Å². The summed E-state index contributed by atoms with van der Waals surface area (Å²) in [6.07, 6.45) is -0.380. The van der Waals surface area contributed by atoms with E-state index in [-0.39, 0.29) is 12.6 Å². The number of amides is 2. The molecule has 6 nitrogen and oxygen atoms in total. The third-order valence-corrected chi connectivity index (χ3v) is 4.71. The van der Waals surface area contributed by atoms with E-state index in [1.165, 1.54) is 16.7 Å². The molecule has 2 rings (SSSR count). The van der Waals surface area contributed by atoms with Gasteiger partial charge in [-0.25, -0.2) is 4.79 Å². The molecule has 1 fully saturated rings. The van der Waals surface area contributed by atoms with Crippen molar-refractivity contribution in [3.63, 3.8) is 0 Å². The van der Waals surface area contributed by atoms with Crippen LogP contribution in [0.3, 0.4) is 0 Å². The van der Waals surface area contributed by atoms with Gasteiger partial charge in [-0.3, -0.25) is 0 Å². The molecular formula is C11H16N2O4S. The summed E-state index contributed by atoms with van der Waals surface area (Å²) in [7, 11) is 1.59. The Kier molecular flexibility index (Phi) is 3.67. The van der Waals surface area contributed by atoms with Crippen LogP contribution >= 0.6 is 11.8 Å². The number of aliphatic hydroxyl groups is 3. The van der Waals surface area contributed by atoms with Gasteiger partial charge in [0.05, 0.1) is 29.3 Å². The lowest BCUT2D eigenvalue weighted by molar-refractivity contribution is 0.0239. The number of nitrogens with one attached hydrogen (secondary N) is 1. The molecule has 18 heavy (non-hydrogen) atoms. The molecule has 7 heteroatoms. The fourth-order valence-corrected chi connectivity index (χ4v) is 3.49. The van der Waals surface area contributed by atoms with E-state index in [1.807, 2.05) is 0 Å². The zero-order valence-corrected chi connectivity index (χ0v) is 10.7. The average Bonchev–Trinajstić information content (AvgIpc) is 2.61. The third-order valence-electron chi connectivity index (χ3n) is 3.11. The molecular weight excluding hydrogens is 256 g/mol. The minimum atomic E-state index is -0.987. The van der Waals surface area contributed by atoms with Gasteiger partial charge in [0.1, 0.15) is 0 Å². The van der Waals surface area contributed by atoms with Crippen molar-refractivity contribution in [2.45, 2.75) is 22.7 Å². The van der Waals surface area contributed by atoms with Crippen LogP contribution in [0.25, 0.3) is 0 Å². The molecule has 100 valence electrons. The summed E-state index contributed by atoms with van der Waals surface area (Å²) in [5, 5.41) is 30.6. The van der Waals surface area contributed by atoms with Gasteiger partial charge in [-0.15, -0.1) is 11.8 Å². The molecule has 0 spiro atoms. The molecule has 4 N–H and O–H groups in total. The predicted octanol–water partition coefficient (Wildman–Crippen LogP) is -0.763. The number of urea groups is 1. The highest BCUT2D eigenvalue weighted by atomic mass is 32.2. The second-order valence-corrected chi connectivity index (χ2v) is 5.75. The molecule has 2 aliphatic rings. The highest BCUT2D eigenvalue weighted by Gasteiger charge is 2.44. The van der Waals surface area contributed by atoms with Crippen molar-refractivity contribution in [2.24, 2.45) is 0 Å². The molecule has 0 saturated carbocycles. The molecule has 2 amide bonds. The van der Waals surface area contributed by atoms with E-state index < -0.39 is 22.7 Å². The molecule has 1 saturated heterocycles. The van der Waals surface area contributed by atoms with Gasteiger partial charge >= 0.3 is 6.03 Å². The van der Waals surface area contributed by atoms with Crippen LogP contribution in [0.1, 0.15) is 0 Å². The van der Waals surface area contributed by atoms with Crippen molar-refractivity contribution < 1.29 is 20.1 Å². The van der Waals surface area contributed by atoms with Crippen molar-refractivity contribution >= 4 is 17.8 Å². The number of rotatable bonds is 2. The van der Waals surface area contributed by atoms with Crippen LogP contribution in [0.2, 0.25) is 0 Å². The van der Waals surface area contributed by atoms with E-state index >= 15 is 0 Å². The maximum absolute atomic E-state index is 11.4. The largest absolute Gasteiger partial charge is 0.395 e. The van der Waals surface area contributed by atoms with E-state index in [0.29, 0.717) is 11.3 Å². The number of carbonyl (C=O) groups excluding carboxylic acids is 1. The second-order valence-electron chi connectivity index (χ2n) is 4.36. The second kappa shape index (κ2) is 4.93. The maximum atomic E-state index is 11.4. The van der Waals surface area contributed by atoms with Crippen LogP contribution in [0.5, 0.6) is 0 Å². The van der Waals surface area contributed by atoms with Crippen LogP contribution in [-0.4, -0.2) is 62.6 Å². The lowest BCUT2D eigenvalue weighted by Gasteiger charge is -2.28. The van der Waals surface area contributed by atoms with Gasteiger partial charge < -0.3 is 25.5 Å². The van der Waals surface area contributed by atoms with Crippen LogP contribution in [0.15, 0.2) is 24.0 Å². The summed E-state index contributed by atoms with van der Waals surface area (Å²) in [5.41, 5.74) is 1.07. The normalized spacial score (nSPS) is 36.7. The summed E-state index contributed by atoms with van der Waals surface area (Å²) < 4.78 is 0. The number of aliphatic hydroxyl groups excluding tert-OH is 3. The molecule has 2 aliphatic heterocycles. The third kappa shape index (κ3) is 2.14. The van der Waals surface area contributed by atoms with E-state index in [1.54, 1.807) is 13.2 Å². The smallest absolute Gasteiger partial charge is 0.325 e. The molecule has 0 aromatic heterocycles. The van der Waals surface area contributed by atoms with Gasteiger partial charge in [0.25, 0.3) is 0 Å². The Morgan fingerprint density at radius 1 is 1.50 bits per heavy atom. The zero-order valence-electron chi connectivity index (χ0n) is 9.91. The summed E-state index contributed by atoms with van der Waals surface area (Å²) in [5.74, 6) is 0. The Hall–Kier alpha value is -1.02. The van der Waals surface area contributed by atoms with Crippen molar-refractivity contribution in [3.8, 4) is 0 Å². The lowest BCUT2D eigenvalue weighted by Crippen LogP contribution is -2.42. The van der Waals surface area contributed by atoms with E-state index in [0.717, 1.165) is 0 Å². The van der Waals surface area contributed by atoms with Crippen LogP contribution in [0, 0.1) is 0 Å². The van der Waals surface area contributed by atoms with Gasteiger partial charge in [-0.05, 0) is 0 Å². The number of nitrogens with zero attached hydrogens (tertiary/aromatic N) is 1. The fourth-order valence-electron chi connectivity index (χ4n) is 2.04. The molecule has 0 aliphatic carbocycles. The highest BCUT2D eigenvalue weighted by Crippen LogP contribution is 2.40. The minimum absolute atomic E-state index is 0.207. The van der Waals surface area contributed by atoms with Gasteiger partial charge in [-0.2, -0.15) is 0 Å². The first kappa shape index (κ1) is 13.4. The van der Waals surface area contributed by atoms with Gasteiger partial charge in [-0.1, -0.05) is 6.58 Å². The zero-order chi connectivity index (χ0) is 13.4. The Bertz CT molecular complexity index is 412. The summed E-state index contributed by atoms with van der Waals surface area (Å²) >= 11 is 1.28. The average molecular weight is 272 g/mol. The van der Waals surface area contributed by atoms with E-state index in [2.05, 4.69) is 11.9 Å². The SMILES string of the molecule is C=C1NC(=O)N(C)C=C1[C@@H]1S[C@H](CO)C(O)[C@@H]1O. The Morgan fingerprint density at radius 2 is 2.17 bits per heavy atom. The first-order valence-electron chi connectivity index (χ1n) is 5.53. The maximum Gasteiger partial charge on any atom is 0.325 e. The molecule has 1 unspecified atom stereocenters. The molecule has 0 radical (unpaired) electrons. The topological polar surface area (TPSA) is 93.0 Å². The lowest BCUT2D eigenvalue weighted by atomic mass is 10.00. The van der Waals surface area contributed by atoms with Crippen molar-refractivity contribution in [2.75, 3.05) is 13.7 Å². The first-order chi connectivity index (χ1) is 8.45. The number of hydrogen-bond donors (Lipinski definition) is 4.